The third-order valence-corrected chi connectivity index (χ3v) is 0.312. The Labute approximate surface area is 92.5 Å². The largest absolute Gasteiger partial charge is 0.462 e. The van der Waals surface area contributed by atoms with Gasteiger partial charge in [-0.2, -0.15) is 0 Å². The van der Waals surface area contributed by atoms with Crippen LogP contribution in [-0.2, 0) is 9.59 Å². The van der Waals surface area contributed by atoms with E-state index in [1.165, 1.54) is 12.2 Å². The summed E-state index contributed by atoms with van der Waals surface area (Å²) in [5, 5.41) is 29.5. The lowest BCUT2D eigenvalue weighted by atomic mass is 10.7. The monoisotopic (exact) mass is 234 g/mol. The molecule has 0 unspecified atom stereocenters. The summed E-state index contributed by atoms with van der Waals surface area (Å²) in [5.41, 5.74) is 8.81. The Kier molecular flexibility index (Phi) is 43.0. The van der Waals surface area contributed by atoms with Crippen LogP contribution >= 0.6 is 0 Å². The van der Waals surface area contributed by atoms with Crippen molar-refractivity contribution in [3.05, 3.63) is 0 Å². The predicted octanol–water partition coefficient (Wildman–Crippen LogP) is -3.17. The molecule has 8 N–H and O–H groups in total. The van der Waals surface area contributed by atoms with Gasteiger partial charge < -0.3 is 31.9 Å². The Morgan fingerprint density at radius 1 is 0.938 bits per heavy atom. The topological polar surface area (TPSA) is 167 Å². The smallest absolute Gasteiger partial charge is 0.243 e. The van der Waals surface area contributed by atoms with Crippen molar-refractivity contribution in [3.8, 4) is 25.1 Å². The molecule has 8 nitrogen and oxygen atoms in total. The van der Waals surface area contributed by atoms with Gasteiger partial charge in [-0.15, -0.1) is 0 Å². The maximum atomic E-state index is 9.34. The first kappa shape index (κ1) is 23.4. The second-order valence-corrected chi connectivity index (χ2v) is 1.51. The number of primary amides is 2. The maximum absolute atomic E-state index is 9.34. The van der Waals surface area contributed by atoms with Gasteiger partial charge in [0.15, 0.2) is 0 Å². The van der Waals surface area contributed by atoms with Crippen LogP contribution in [0.3, 0.4) is 0 Å². The summed E-state index contributed by atoms with van der Waals surface area (Å²) >= 11 is 0. The molecule has 0 aromatic heterocycles. The van der Waals surface area contributed by atoms with E-state index in [9.17, 15) is 9.59 Å². The molecule has 0 aromatic carbocycles. The molecule has 0 aliphatic heterocycles. The van der Waals surface area contributed by atoms with Gasteiger partial charge >= 0.3 is 0 Å². The van der Waals surface area contributed by atoms with E-state index in [2.05, 4.69) is 24.3 Å². The maximum Gasteiger partial charge on any atom is 0.243 e. The molecule has 0 heterocycles. The van der Waals surface area contributed by atoms with Gasteiger partial charge in [-0.05, 0) is 0 Å². The Morgan fingerprint density at radius 3 is 1.00 bits per heavy atom. The average Bonchev–Trinajstić information content (AvgIpc) is 2.21. The normalized spacial score (nSPS) is 5.50. The highest BCUT2D eigenvalue weighted by atomic mass is 16.3. The van der Waals surface area contributed by atoms with Crippen LogP contribution in [0.4, 0.5) is 0 Å². The third-order valence-electron chi connectivity index (χ3n) is 0.312. The van der Waals surface area contributed by atoms with Crippen LogP contribution in [0.25, 0.3) is 0 Å². The van der Waals surface area contributed by atoms with Gasteiger partial charge in [-0.3, -0.25) is 9.59 Å². The van der Waals surface area contributed by atoms with Crippen molar-refractivity contribution in [2.24, 2.45) is 11.5 Å². The molecule has 0 spiro atoms. The number of carbonyl (C=O) groups is 2. The Hall–Kier alpha value is -2.42. The van der Waals surface area contributed by atoms with Crippen LogP contribution in [-0.4, -0.2) is 45.5 Å². The Bertz CT molecular complexity index is 214. The van der Waals surface area contributed by atoms with Crippen LogP contribution < -0.4 is 11.5 Å². The first-order chi connectivity index (χ1) is 7.37. The number of aliphatic hydroxyl groups excluding tert-OH is 4. The van der Waals surface area contributed by atoms with Gasteiger partial charge in [0.05, 0.1) is 0 Å². The summed E-state index contributed by atoms with van der Waals surface area (Å²) in [6, 6.07) is 0. The molecule has 0 aromatic rings. The van der Waals surface area contributed by atoms with Crippen LogP contribution in [0.15, 0.2) is 0 Å². The van der Waals surface area contributed by atoms with Gasteiger partial charge in [0.25, 0.3) is 0 Å². The van der Waals surface area contributed by atoms with E-state index in [-0.39, 0.29) is 0 Å². The van der Waals surface area contributed by atoms with Crippen LogP contribution in [0.5, 0.6) is 0 Å². The fourth-order valence-corrected chi connectivity index (χ4v) is 0. The van der Waals surface area contributed by atoms with Crippen molar-refractivity contribution < 1.29 is 30.0 Å². The number of nitrogens with two attached hydrogens (primary N) is 2. The van der Waals surface area contributed by atoms with Crippen molar-refractivity contribution in [1.29, 1.82) is 0 Å². The van der Waals surface area contributed by atoms with E-state index >= 15 is 0 Å². The predicted molar refractivity (Wildman–Crippen MR) is 54.1 cm³/mol. The lowest BCUT2D eigenvalue weighted by molar-refractivity contribution is -0.121. The minimum absolute atomic E-state index is 0.556. The molecule has 0 radical (unpaired) electrons. The second kappa shape index (κ2) is 29.4. The average molecular weight is 234 g/mol. The summed E-state index contributed by atoms with van der Waals surface area (Å²) in [5.74, 6) is -1.38. The summed E-state index contributed by atoms with van der Waals surface area (Å²) < 4.78 is 0. The third kappa shape index (κ3) is 519. The molecular formula is C8H14N2O6. The number of amides is 2. The number of terminal acetylenes is 2. The Balaban J connectivity index is -0.0000000621. The first-order valence-electron chi connectivity index (χ1n) is 3.35. The fraction of sp³-hybridized carbons (Fsp3) is 0.250. The summed E-state index contributed by atoms with van der Waals surface area (Å²) in [6.07, 6.45) is 10.8. The van der Waals surface area contributed by atoms with Crippen LogP contribution in [0.2, 0.25) is 0 Å². The molecule has 0 aliphatic carbocycles. The van der Waals surface area contributed by atoms with E-state index in [1.807, 2.05) is 0 Å². The van der Waals surface area contributed by atoms with Crippen molar-refractivity contribution in [1.82, 2.24) is 0 Å². The van der Waals surface area contributed by atoms with Crippen LogP contribution in [0, 0.1) is 25.1 Å². The van der Waals surface area contributed by atoms with Gasteiger partial charge in [0.2, 0.25) is 11.8 Å². The molecular weight excluding hydrogens is 220 g/mol. The van der Waals surface area contributed by atoms with Gasteiger partial charge in [-0.1, -0.05) is 12.8 Å². The summed E-state index contributed by atoms with van der Waals surface area (Å²) in [6.45, 7) is -1.11. The molecule has 92 valence electrons. The first-order valence-corrected chi connectivity index (χ1v) is 3.35. The van der Waals surface area contributed by atoms with E-state index in [0.717, 1.165) is 0 Å². The zero-order valence-electron chi connectivity index (χ0n) is 8.33. The van der Waals surface area contributed by atoms with Crippen molar-refractivity contribution in [2.75, 3.05) is 13.2 Å². The fourth-order valence-electron chi connectivity index (χ4n) is 0. The van der Waals surface area contributed by atoms with Gasteiger partial charge in [0.1, 0.15) is 25.4 Å². The van der Waals surface area contributed by atoms with Crippen LogP contribution in [0.1, 0.15) is 0 Å². The van der Waals surface area contributed by atoms with E-state index in [1.54, 1.807) is 0 Å². The molecule has 0 aliphatic rings. The molecule has 0 atom stereocenters. The molecule has 0 rings (SSSR count). The summed E-state index contributed by atoms with van der Waals surface area (Å²) in [4.78, 5) is 18.7. The lowest BCUT2D eigenvalue weighted by Gasteiger charge is -1.73. The highest BCUT2D eigenvalue weighted by Gasteiger charge is 1.79. The SMILES string of the molecule is C#CO.C#CO.NC(=O)CO.NC(=O)CO. The lowest BCUT2D eigenvalue weighted by Crippen LogP contribution is -2.14. The number of hydrogen-bond acceptors (Lipinski definition) is 6. The quantitative estimate of drug-likeness (QED) is 0.275. The van der Waals surface area contributed by atoms with Gasteiger partial charge in [0, 0.05) is 0 Å². The zero-order chi connectivity index (χ0) is 14.0. The van der Waals surface area contributed by atoms with Crippen molar-refractivity contribution >= 4 is 11.8 Å². The summed E-state index contributed by atoms with van der Waals surface area (Å²) in [7, 11) is 0. The van der Waals surface area contributed by atoms with Crippen molar-refractivity contribution in [2.45, 2.75) is 0 Å². The standard InChI is InChI=1S/2C2H5NO2.2C2H2O/c2*3-2(5)1-4;2*1-2-3/h2*4H,1H2,(H2,3,5);2*1,3H. The van der Waals surface area contributed by atoms with Gasteiger partial charge in [-0.25, -0.2) is 0 Å². The molecule has 0 bridgehead atoms. The number of carbonyl (C=O) groups excluding carboxylic acids is 2. The number of rotatable bonds is 2. The highest BCUT2D eigenvalue weighted by molar-refractivity contribution is 5.74. The van der Waals surface area contributed by atoms with E-state index < -0.39 is 25.0 Å². The molecule has 16 heavy (non-hydrogen) atoms. The molecule has 0 saturated heterocycles. The number of aliphatic hydroxyl groups is 4. The Morgan fingerprint density at radius 2 is 1.00 bits per heavy atom. The highest BCUT2D eigenvalue weighted by Crippen LogP contribution is 1.42. The van der Waals surface area contributed by atoms with E-state index in [0.29, 0.717) is 0 Å². The van der Waals surface area contributed by atoms with E-state index in [4.69, 9.17) is 20.4 Å². The second-order valence-electron chi connectivity index (χ2n) is 1.51. The molecule has 0 fully saturated rings. The zero-order valence-corrected chi connectivity index (χ0v) is 8.33. The molecule has 2 amide bonds. The number of hydrogen-bond donors (Lipinski definition) is 6. The minimum atomic E-state index is -0.690. The van der Waals surface area contributed by atoms with Crippen molar-refractivity contribution in [3.63, 3.8) is 0 Å². The molecule has 0 saturated carbocycles. The minimum Gasteiger partial charge on any atom is -0.462 e. The molecule has 8 heteroatoms.